The largest absolute Gasteiger partial charge is 0.416 e. The van der Waals surface area contributed by atoms with E-state index in [4.69, 9.17) is 0 Å². The van der Waals surface area contributed by atoms with E-state index in [1.807, 2.05) is 0 Å². The number of aliphatic hydroxyl groups is 1. The summed E-state index contributed by atoms with van der Waals surface area (Å²) in [6.45, 7) is 0. The summed E-state index contributed by atoms with van der Waals surface area (Å²) in [6.07, 6.45) is -3.73. The van der Waals surface area contributed by atoms with Gasteiger partial charge in [0.15, 0.2) is 0 Å². The molecule has 0 amide bonds. The summed E-state index contributed by atoms with van der Waals surface area (Å²) < 4.78 is 37.7. The Morgan fingerprint density at radius 3 is 2.33 bits per heavy atom. The third kappa shape index (κ3) is 2.15. The van der Waals surface area contributed by atoms with Gasteiger partial charge in [-0.2, -0.15) is 13.2 Å². The van der Waals surface area contributed by atoms with E-state index < -0.39 is 17.8 Å². The zero-order chi connectivity index (χ0) is 11.1. The molecule has 1 atom stereocenters. The highest BCUT2D eigenvalue weighted by molar-refractivity contribution is 5.32. The van der Waals surface area contributed by atoms with Crippen LogP contribution in [0.25, 0.3) is 0 Å². The van der Waals surface area contributed by atoms with Gasteiger partial charge < -0.3 is 5.11 Å². The van der Waals surface area contributed by atoms with Gasteiger partial charge in [0.25, 0.3) is 0 Å². The quantitative estimate of drug-likeness (QED) is 0.805. The topological polar surface area (TPSA) is 20.2 Å². The van der Waals surface area contributed by atoms with Gasteiger partial charge in [0.05, 0.1) is 11.7 Å². The number of hydrogen-bond acceptors (Lipinski definition) is 1. The molecule has 1 saturated carbocycles. The predicted octanol–water partition coefficient (Wildman–Crippen LogP) is 3.15. The lowest BCUT2D eigenvalue weighted by atomic mass is 9.99. The van der Waals surface area contributed by atoms with Crippen molar-refractivity contribution in [1.29, 1.82) is 0 Å². The van der Waals surface area contributed by atoms with Crippen LogP contribution in [0.2, 0.25) is 0 Å². The third-order valence-electron chi connectivity index (χ3n) is 2.65. The maximum atomic E-state index is 12.6. The Bertz CT molecular complexity index is 355. The normalized spacial score (nSPS) is 18.9. The molecule has 82 valence electrons. The van der Waals surface area contributed by atoms with Crippen LogP contribution in [-0.2, 0) is 6.18 Å². The fourth-order valence-corrected chi connectivity index (χ4v) is 1.68. The highest BCUT2D eigenvalue weighted by atomic mass is 19.4. The van der Waals surface area contributed by atoms with E-state index in [-0.39, 0.29) is 11.5 Å². The number of rotatable bonds is 2. The van der Waals surface area contributed by atoms with Crippen molar-refractivity contribution >= 4 is 0 Å². The van der Waals surface area contributed by atoms with E-state index in [2.05, 4.69) is 0 Å². The third-order valence-corrected chi connectivity index (χ3v) is 2.65. The van der Waals surface area contributed by atoms with Crippen molar-refractivity contribution in [2.24, 2.45) is 5.92 Å². The highest BCUT2D eigenvalue weighted by Crippen LogP contribution is 2.44. The van der Waals surface area contributed by atoms with Crippen LogP contribution in [0, 0.1) is 5.92 Å². The zero-order valence-corrected chi connectivity index (χ0v) is 7.96. The van der Waals surface area contributed by atoms with Crippen molar-refractivity contribution in [2.45, 2.75) is 25.1 Å². The second-order valence-corrected chi connectivity index (χ2v) is 3.87. The summed E-state index contributed by atoms with van der Waals surface area (Å²) in [5.41, 5.74) is -0.711. The SMILES string of the molecule is O[C@H](c1ccccc1C(F)(F)F)C1CC1. The maximum absolute atomic E-state index is 12.6. The number of alkyl halides is 3. The fraction of sp³-hybridized carbons (Fsp3) is 0.455. The summed E-state index contributed by atoms with van der Waals surface area (Å²) >= 11 is 0. The highest BCUT2D eigenvalue weighted by Gasteiger charge is 2.38. The predicted molar refractivity (Wildman–Crippen MR) is 49.1 cm³/mol. The molecule has 1 fully saturated rings. The monoisotopic (exact) mass is 216 g/mol. The van der Waals surface area contributed by atoms with Crippen LogP contribution in [0.15, 0.2) is 24.3 Å². The van der Waals surface area contributed by atoms with Crippen LogP contribution in [0.1, 0.15) is 30.1 Å². The molecule has 4 heteroatoms. The molecule has 1 aromatic rings. The van der Waals surface area contributed by atoms with Gasteiger partial charge in [0, 0.05) is 0 Å². The van der Waals surface area contributed by atoms with E-state index in [0.717, 1.165) is 18.9 Å². The number of halogens is 3. The van der Waals surface area contributed by atoms with Crippen molar-refractivity contribution in [3.8, 4) is 0 Å². The lowest BCUT2D eigenvalue weighted by molar-refractivity contribution is -0.139. The first-order valence-electron chi connectivity index (χ1n) is 4.84. The van der Waals surface area contributed by atoms with Crippen molar-refractivity contribution < 1.29 is 18.3 Å². The van der Waals surface area contributed by atoms with Gasteiger partial charge >= 0.3 is 6.18 Å². The molecule has 0 radical (unpaired) electrons. The van der Waals surface area contributed by atoms with Crippen LogP contribution in [0.5, 0.6) is 0 Å². The number of hydrogen-bond donors (Lipinski definition) is 1. The molecule has 0 spiro atoms. The molecule has 1 N–H and O–H groups in total. The smallest absolute Gasteiger partial charge is 0.388 e. The Morgan fingerprint density at radius 1 is 1.20 bits per heavy atom. The summed E-state index contributed by atoms with van der Waals surface area (Å²) in [6, 6.07) is 5.23. The molecular weight excluding hydrogens is 205 g/mol. The second kappa shape index (κ2) is 3.52. The summed E-state index contributed by atoms with van der Waals surface area (Å²) in [4.78, 5) is 0. The molecule has 1 aliphatic rings. The first-order chi connectivity index (χ1) is 7.00. The van der Waals surface area contributed by atoms with Crippen molar-refractivity contribution in [2.75, 3.05) is 0 Å². The molecule has 1 nitrogen and oxygen atoms in total. The minimum atomic E-state index is -4.38. The molecule has 15 heavy (non-hydrogen) atoms. The standard InChI is InChI=1S/C11H11F3O/c12-11(13,14)9-4-2-1-3-8(9)10(15)7-5-6-7/h1-4,7,10,15H,5-6H2/t10-/m0/s1. The molecule has 0 bridgehead atoms. The van der Waals surface area contributed by atoms with E-state index in [0.29, 0.717) is 0 Å². The molecule has 0 saturated heterocycles. The number of benzene rings is 1. The molecule has 0 aliphatic heterocycles. The van der Waals surface area contributed by atoms with Crippen LogP contribution in [-0.4, -0.2) is 5.11 Å². The van der Waals surface area contributed by atoms with Crippen LogP contribution in [0.4, 0.5) is 13.2 Å². The van der Waals surface area contributed by atoms with Crippen LogP contribution >= 0.6 is 0 Å². The lowest BCUT2D eigenvalue weighted by Gasteiger charge is -2.16. The zero-order valence-electron chi connectivity index (χ0n) is 7.96. The van der Waals surface area contributed by atoms with Gasteiger partial charge in [0.1, 0.15) is 0 Å². The average molecular weight is 216 g/mol. The van der Waals surface area contributed by atoms with E-state index in [9.17, 15) is 18.3 Å². The minimum absolute atomic E-state index is 0.00694. The Morgan fingerprint density at radius 2 is 1.80 bits per heavy atom. The first kappa shape index (κ1) is 10.5. The van der Waals surface area contributed by atoms with Gasteiger partial charge in [-0.05, 0) is 30.4 Å². The number of aliphatic hydroxyl groups excluding tert-OH is 1. The molecule has 0 unspecified atom stereocenters. The Kier molecular flexibility index (Phi) is 2.46. The summed E-state index contributed by atoms with van der Waals surface area (Å²) in [7, 11) is 0. The summed E-state index contributed by atoms with van der Waals surface area (Å²) in [5.74, 6) is 0.00787. The Balaban J connectivity index is 2.37. The molecule has 2 rings (SSSR count). The first-order valence-corrected chi connectivity index (χ1v) is 4.84. The summed E-state index contributed by atoms with van der Waals surface area (Å²) in [5, 5.41) is 9.70. The van der Waals surface area contributed by atoms with Gasteiger partial charge in [-0.3, -0.25) is 0 Å². The van der Waals surface area contributed by atoms with Crippen LogP contribution in [0.3, 0.4) is 0 Å². The van der Waals surface area contributed by atoms with E-state index in [1.165, 1.54) is 18.2 Å². The fourth-order valence-electron chi connectivity index (χ4n) is 1.68. The minimum Gasteiger partial charge on any atom is -0.388 e. The van der Waals surface area contributed by atoms with Gasteiger partial charge in [-0.1, -0.05) is 18.2 Å². The van der Waals surface area contributed by atoms with E-state index >= 15 is 0 Å². The van der Waals surface area contributed by atoms with Crippen molar-refractivity contribution in [3.63, 3.8) is 0 Å². The molecule has 0 heterocycles. The second-order valence-electron chi connectivity index (χ2n) is 3.87. The maximum Gasteiger partial charge on any atom is 0.416 e. The molecule has 1 aliphatic carbocycles. The molecular formula is C11H11F3O. The van der Waals surface area contributed by atoms with Gasteiger partial charge in [-0.25, -0.2) is 0 Å². The van der Waals surface area contributed by atoms with Crippen LogP contribution < -0.4 is 0 Å². The van der Waals surface area contributed by atoms with Crippen molar-refractivity contribution in [3.05, 3.63) is 35.4 Å². The Labute approximate surface area is 85.5 Å². The van der Waals surface area contributed by atoms with Gasteiger partial charge in [0.2, 0.25) is 0 Å². The van der Waals surface area contributed by atoms with Crippen molar-refractivity contribution in [1.82, 2.24) is 0 Å². The molecule has 0 aromatic heterocycles. The molecule has 1 aromatic carbocycles. The Hall–Kier alpha value is -1.03. The van der Waals surface area contributed by atoms with Gasteiger partial charge in [-0.15, -0.1) is 0 Å². The lowest BCUT2D eigenvalue weighted by Crippen LogP contribution is -2.12. The average Bonchev–Trinajstić information content (AvgIpc) is 2.98. The van der Waals surface area contributed by atoms with E-state index in [1.54, 1.807) is 0 Å².